The minimum atomic E-state index is 0.359. The van der Waals surface area contributed by atoms with Gasteiger partial charge in [0.05, 0.1) is 5.69 Å². The molecule has 0 saturated carbocycles. The lowest BCUT2D eigenvalue weighted by Gasteiger charge is -2.19. The third-order valence-electron chi connectivity index (χ3n) is 4.75. The topological polar surface area (TPSA) is 4.93 Å². The maximum absolute atomic E-state index is 2.47. The van der Waals surface area contributed by atoms with Crippen LogP contribution in [0.15, 0.2) is 97.1 Å². The Bertz CT molecular complexity index is 981. The molecule has 0 atom stereocenters. The summed E-state index contributed by atoms with van der Waals surface area (Å²) in [5, 5.41) is 0. The van der Waals surface area contributed by atoms with Crippen molar-refractivity contribution in [2.45, 2.75) is 19.9 Å². The van der Waals surface area contributed by atoms with Gasteiger partial charge in [0.15, 0.2) is 0 Å². The first-order valence-electron chi connectivity index (χ1n) is 9.17. The monoisotopic (exact) mass is 337 g/mol. The molecule has 0 saturated heterocycles. The molecule has 0 unspecified atom stereocenters. The van der Waals surface area contributed by atoms with Crippen LogP contribution in [0.3, 0.4) is 0 Å². The van der Waals surface area contributed by atoms with Crippen molar-refractivity contribution in [2.24, 2.45) is 0 Å². The molecule has 1 nitrogen and oxygen atoms in total. The molecule has 0 bridgehead atoms. The lowest BCUT2D eigenvalue weighted by atomic mass is 10.0. The van der Waals surface area contributed by atoms with Gasteiger partial charge in [-0.25, -0.2) is 0 Å². The summed E-state index contributed by atoms with van der Waals surface area (Å²) in [7, 11) is 0. The summed E-state index contributed by atoms with van der Waals surface area (Å²) in [6.07, 6.45) is 0. The van der Waals surface area contributed by atoms with Gasteiger partial charge in [-0.15, -0.1) is 0 Å². The van der Waals surface area contributed by atoms with E-state index in [2.05, 4.69) is 115 Å². The normalized spacial score (nSPS) is 11.0. The van der Waals surface area contributed by atoms with Gasteiger partial charge in [0, 0.05) is 17.3 Å². The van der Waals surface area contributed by atoms with Gasteiger partial charge in [0.2, 0.25) is 0 Å². The fourth-order valence-electron chi connectivity index (χ4n) is 3.62. The van der Waals surface area contributed by atoms with E-state index in [4.69, 9.17) is 0 Å². The zero-order valence-corrected chi connectivity index (χ0v) is 15.3. The van der Waals surface area contributed by atoms with E-state index in [-0.39, 0.29) is 0 Å². The predicted molar refractivity (Wildman–Crippen MR) is 111 cm³/mol. The Balaban J connectivity index is 2.05. The third kappa shape index (κ3) is 2.97. The summed E-state index contributed by atoms with van der Waals surface area (Å²) in [5.41, 5.74) is 7.58. The zero-order valence-electron chi connectivity index (χ0n) is 15.3. The Hall–Kier alpha value is -3.06. The van der Waals surface area contributed by atoms with Gasteiger partial charge in [-0.2, -0.15) is 0 Å². The van der Waals surface area contributed by atoms with E-state index in [1.54, 1.807) is 0 Å². The number of benzene rings is 3. The molecular weight excluding hydrogens is 314 g/mol. The Labute approximate surface area is 155 Å². The van der Waals surface area contributed by atoms with Crippen LogP contribution in [-0.2, 0) is 0 Å². The second-order valence-corrected chi connectivity index (χ2v) is 6.85. The van der Waals surface area contributed by atoms with Crippen LogP contribution in [0.2, 0.25) is 0 Å². The molecule has 0 N–H and O–H groups in total. The summed E-state index contributed by atoms with van der Waals surface area (Å²) < 4.78 is 2.47. The quantitative estimate of drug-likeness (QED) is 0.375. The van der Waals surface area contributed by atoms with Crippen molar-refractivity contribution < 1.29 is 0 Å². The van der Waals surface area contributed by atoms with Crippen molar-refractivity contribution in [2.75, 3.05) is 0 Å². The number of hydrogen-bond acceptors (Lipinski definition) is 0. The minimum Gasteiger partial charge on any atom is -0.337 e. The molecule has 4 aromatic rings. The van der Waals surface area contributed by atoms with Crippen LogP contribution in [0.1, 0.15) is 19.9 Å². The standard InChI is InChI=1S/C25H23N/c1-19(2)26-24(21-14-8-4-9-15-21)18-23(20-12-6-3-7-13-20)25(26)22-16-10-5-11-17-22/h3-19H,1-2H3. The molecule has 0 amide bonds. The van der Waals surface area contributed by atoms with Crippen molar-refractivity contribution in [3.05, 3.63) is 97.1 Å². The highest BCUT2D eigenvalue weighted by Gasteiger charge is 2.20. The maximum Gasteiger partial charge on any atom is 0.0567 e. The fourth-order valence-corrected chi connectivity index (χ4v) is 3.62. The van der Waals surface area contributed by atoms with Crippen molar-refractivity contribution in [1.82, 2.24) is 4.57 Å². The summed E-state index contributed by atoms with van der Waals surface area (Å²) in [6, 6.07) is 34.8. The zero-order chi connectivity index (χ0) is 17.9. The average Bonchev–Trinajstić information content (AvgIpc) is 3.11. The molecule has 3 aromatic carbocycles. The van der Waals surface area contributed by atoms with Gasteiger partial charge in [-0.3, -0.25) is 0 Å². The third-order valence-corrected chi connectivity index (χ3v) is 4.75. The van der Waals surface area contributed by atoms with Gasteiger partial charge in [0.1, 0.15) is 0 Å². The van der Waals surface area contributed by atoms with Crippen LogP contribution < -0.4 is 0 Å². The number of rotatable bonds is 4. The Kier molecular flexibility index (Phi) is 4.45. The van der Waals surface area contributed by atoms with Gasteiger partial charge in [0.25, 0.3) is 0 Å². The van der Waals surface area contributed by atoms with Crippen molar-refractivity contribution >= 4 is 0 Å². The van der Waals surface area contributed by atoms with Crippen LogP contribution in [0.4, 0.5) is 0 Å². The lowest BCUT2D eigenvalue weighted by molar-refractivity contribution is 0.616. The molecular formula is C25H23N. The molecule has 0 radical (unpaired) electrons. The fraction of sp³-hybridized carbons (Fsp3) is 0.120. The van der Waals surface area contributed by atoms with Crippen molar-refractivity contribution in [3.63, 3.8) is 0 Å². The van der Waals surface area contributed by atoms with E-state index in [1.165, 1.54) is 33.6 Å². The number of hydrogen-bond donors (Lipinski definition) is 0. The first-order chi connectivity index (χ1) is 12.8. The second kappa shape index (κ2) is 7.05. The SMILES string of the molecule is CC(C)n1c(-c2ccccc2)cc(-c2ccccc2)c1-c1ccccc1. The van der Waals surface area contributed by atoms with E-state index >= 15 is 0 Å². The average molecular weight is 337 g/mol. The van der Waals surface area contributed by atoms with Crippen LogP contribution in [0.25, 0.3) is 33.6 Å². The molecule has 1 heteroatoms. The molecule has 1 heterocycles. The molecule has 4 rings (SSSR count). The second-order valence-electron chi connectivity index (χ2n) is 6.85. The number of nitrogens with zero attached hydrogens (tertiary/aromatic N) is 1. The highest BCUT2D eigenvalue weighted by molar-refractivity contribution is 5.87. The molecule has 0 aliphatic heterocycles. The molecule has 128 valence electrons. The summed E-state index contributed by atoms with van der Waals surface area (Å²) in [6.45, 7) is 4.52. The van der Waals surface area contributed by atoms with Gasteiger partial charge in [-0.1, -0.05) is 91.0 Å². The molecule has 0 spiro atoms. The maximum atomic E-state index is 2.47. The Morgan fingerprint density at radius 2 is 1.04 bits per heavy atom. The summed E-state index contributed by atoms with van der Waals surface area (Å²) in [5.74, 6) is 0. The van der Waals surface area contributed by atoms with Gasteiger partial charge < -0.3 is 4.57 Å². The van der Waals surface area contributed by atoms with Crippen LogP contribution >= 0.6 is 0 Å². The van der Waals surface area contributed by atoms with E-state index in [0.29, 0.717) is 6.04 Å². The van der Waals surface area contributed by atoms with Crippen LogP contribution in [0.5, 0.6) is 0 Å². The minimum absolute atomic E-state index is 0.359. The Morgan fingerprint density at radius 3 is 1.54 bits per heavy atom. The highest BCUT2D eigenvalue weighted by Crippen LogP contribution is 2.40. The van der Waals surface area contributed by atoms with Crippen LogP contribution in [0, 0.1) is 0 Å². The van der Waals surface area contributed by atoms with Crippen molar-refractivity contribution in [3.8, 4) is 33.6 Å². The van der Waals surface area contributed by atoms with Gasteiger partial charge >= 0.3 is 0 Å². The van der Waals surface area contributed by atoms with E-state index < -0.39 is 0 Å². The highest BCUT2D eigenvalue weighted by atomic mass is 15.0. The molecule has 0 aliphatic rings. The van der Waals surface area contributed by atoms with E-state index in [9.17, 15) is 0 Å². The molecule has 26 heavy (non-hydrogen) atoms. The summed E-state index contributed by atoms with van der Waals surface area (Å²) in [4.78, 5) is 0. The van der Waals surface area contributed by atoms with Gasteiger partial charge in [-0.05, 0) is 36.6 Å². The summed E-state index contributed by atoms with van der Waals surface area (Å²) >= 11 is 0. The van der Waals surface area contributed by atoms with E-state index in [1.807, 2.05) is 0 Å². The smallest absolute Gasteiger partial charge is 0.0567 e. The lowest BCUT2D eigenvalue weighted by Crippen LogP contribution is -2.05. The first kappa shape index (κ1) is 16.4. The molecule has 1 aromatic heterocycles. The Morgan fingerprint density at radius 1 is 0.577 bits per heavy atom. The molecule has 0 aliphatic carbocycles. The van der Waals surface area contributed by atoms with Crippen molar-refractivity contribution in [1.29, 1.82) is 0 Å². The van der Waals surface area contributed by atoms with Crippen LogP contribution in [-0.4, -0.2) is 4.57 Å². The van der Waals surface area contributed by atoms with E-state index in [0.717, 1.165) is 0 Å². The largest absolute Gasteiger partial charge is 0.337 e. The molecule has 0 fully saturated rings. The predicted octanol–water partition coefficient (Wildman–Crippen LogP) is 7.07. The first-order valence-corrected chi connectivity index (χ1v) is 9.17. The number of aromatic nitrogens is 1.